The van der Waals surface area contributed by atoms with Crippen molar-refractivity contribution in [3.63, 3.8) is 0 Å². The zero-order valence-corrected chi connectivity index (χ0v) is 20.4. The molecule has 35 heavy (non-hydrogen) atoms. The first-order valence-corrected chi connectivity index (χ1v) is 11.4. The van der Waals surface area contributed by atoms with E-state index in [0.717, 1.165) is 0 Å². The Kier molecular flexibility index (Phi) is 6.71. The lowest BCUT2D eigenvalue weighted by Crippen LogP contribution is -2.21. The minimum absolute atomic E-state index is 0.0530. The Labute approximate surface area is 207 Å². The summed E-state index contributed by atoms with van der Waals surface area (Å²) < 4.78 is 11.2. The number of furan rings is 1. The maximum atomic E-state index is 13.0. The largest absolute Gasteiger partial charge is 0.459 e. The van der Waals surface area contributed by atoms with E-state index in [1.165, 1.54) is 11.9 Å². The van der Waals surface area contributed by atoms with Crippen LogP contribution in [0.25, 0.3) is 17.4 Å². The first-order chi connectivity index (χ1) is 16.6. The molecular formula is C27H23ClN2O5. The first kappa shape index (κ1) is 24.2. The lowest BCUT2D eigenvalue weighted by Gasteiger charge is -2.11. The van der Waals surface area contributed by atoms with E-state index in [1.807, 2.05) is 0 Å². The van der Waals surface area contributed by atoms with Crippen LogP contribution < -0.4 is 5.01 Å². The second-order valence-electron chi connectivity index (χ2n) is 8.31. The molecule has 4 rings (SSSR count). The highest BCUT2D eigenvalue weighted by Gasteiger charge is 2.29. The van der Waals surface area contributed by atoms with Crippen molar-refractivity contribution in [2.75, 3.05) is 5.01 Å². The fourth-order valence-corrected chi connectivity index (χ4v) is 3.73. The summed E-state index contributed by atoms with van der Waals surface area (Å²) in [5.74, 6) is 0.0846. The number of amides is 1. The number of rotatable bonds is 6. The van der Waals surface area contributed by atoms with Crippen LogP contribution in [0.2, 0.25) is 5.02 Å². The zero-order valence-electron chi connectivity index (χ0n) is 19.7. The molecule has 178 valence electrons. The predicted molar refractivity (Wildman–Crippen MR) is 135 cm³/mol. The highest BCUT2D eigenvalue weighted by molar-refractivity contribution is 6.33. The molecule has 0 unspecified atom stereocenters. The molecule has 0 bridgehead atoms. The fourth-order valence-electron chi connectivity index (χ4n) is 3.54. The van der Waals surface area contributed by atoms with Gasteiger partial charge in [-0.25, -0.2) is 4.79 Å². The molecule has 1 amide bonds. The van der Waals surface area contributed by atoms with Crippen LogP contribution in [0.5, 0.6) is 0 Å². The molecule has 0 radical (unpaired) electrons. The van der Waals surface area contributed by atoms with Crippen molar-refractivity contribution in [3.8, 4) is 11.3 Å². The van der Waals surface area contributed by atoms with Crippen LogP contribution in [-0.2, 0) is 9.53 Å². The molecule has 1 aromatic heterocycles. The number of benzene rings is 2. The summed E-state index contributed by atoms with van der Waals surface area (Å²) in [6.07, 6.45) is 1.35. The molecule has 0 N–H and O–H groups in total. The van der Waals surface area contributed by atoms with E-state index < -0.39 is 5.97 Å². The number of carbonyl (C=O) groups is 3. The fraction of sp³-hybridized carbons (Fsp3) is 0.185. The molecule has 1 aliphatic heterocycles. The number of hydrogen-bond acceptors (Lipinski definition) is 6. The van der Waals surface area contributed by atoms with Crippen molar-refractivity contribution < 1.29 is 23.5 Å². The number of hydrazone groups is 1. The van der Waals surface area contributed by atoms with E-state index >= 15 is 0 Å². The first-order valence-electron chi connectivity index (χ1n) is 11.0. The van der Waals surface area contributed by atoms with Gasteiger partial charge in [0.2, 0.25) is 0 Å². The van der Waals surface area contributed by atoms with Gasteiger partial charge >= 0.3 is 5.97 Å². The molecule has 3 aromatic rings. The smallest absolute Gasteiger partial charge is 0.339 e. The minimum atomic E-state index is -0.513. The number of anilines is 1. The van der Waals surface area contributed by atoms with E-state index in [0.29, 0.717) is 39.6 Å². The molecule has 7 nitrogen and oxygen atoms in total. The van der Waals surface area contributed by atoms with Crippen molar-refractivity contribution in [1.29, 1.82) is 0 Å². The summed E-state index contributed by atoms with van der Waals surface area (Å²) >= 11 is 6.19. The second-order valence-corrected chi connectivity index (χ2v) is 8.72. The molecule has 0 saturated heterocycles. The van der Waals surface area contributed by atoms with Crippen molar-refractivity contribution in [2.45, 2.75) is 33.8 Å². The quantitative estimate of drug-likeness (QED) is 0.234. The predicted octanol–water partition coefficient (Wildman–Crippen LogP) is 6.17. The average Bonchev–Trinajstić information content (AvgIpc) is 3.39. The van der Waals surface area contributed by atoms with Gasteiger partial charge in [0, 0.05) is 11.1 Å². The Hall–Kier alpha value is -3.97. The van der Waals surface area contributed by atoms with E-state index in [9.17, 15) is 14.4 Å². The van der Waals surface area contributed by atoms with Crippen molar-refractivity contribution in [3.05, 3.63) is 82.1 Å². The standard InChI is InChI=1S/C27H23ClN2O5/c1-15(2)34-27(33)23-13-19(7-11-24(23)28)25-12-10-21(35-25)14-22-16(3)29-30(26(22)32)20-8-5-18(6-9-20)17(4)31/h5-15H,1-4H3. The van der Waals surface area contributed by atoms with Gasteiger partial charge < -0.3 is 9.15 Å². The minimum Gasteiger partial charge on any atom is -0.459 e. The van der Waals surface area contributed by atoms with Gasteiger partial charge in [-0.3, -0.25) is 9.59 Å². The zero-order chi connectivity index (χ0) is 25.3. The van der Waals surface area contributed by atoms with Gasteiger partial charge in [-0.1, -0.05) is 11.6 Å². The molecule has 0 aliphatic carbocycles. The molecule has 1 aliphatic rings. The lowest BCUT2D eigenvalue weighted by molar-refractivity contribution is -0.114. The molecule has 2 heterocycles. The van der Waals surface area contributed by atoms with Gasteiger partial charge in [0.25, 0.3) is 5.91 Å². The lowest BCUT2D eigenvalue weighted by atomic mass is 10.1. The van der Waals surface area contributed by atoms with Crippen molar-refractivity contribution in [2.24, 2.45) is 5.10 Å². The molecule has 0 fully saturated rings. The molecular weight excluding hydrogens is 468 g/mol. The van der Waals surface area contributed by atoms with Crippen LogP contribution in [0, 0.1) is 0 Å². The van der Waals surface area contributed by atoms with Crippen LogP contribution in [0.3, 0.4) is 0 Å². The Morgan fingerprint density at radius 1 is 1.09 bits per heavy atom. The summed E-state index contributed by atoms with van der Waals surface area (Å²) in [6.45, 7) is 6.75. The summed E-state index contributed by atoms with van der Waals surface area (Å²) in [5.41, 5.74) is 2.93. The molecule has 0 spiro atoms. The summed E-state index contributed by atoms with van der Waals surface area (Å²) in [4.78, 5) is 36.9. The Morgan fingerprint density at radius 3 is 2.46 bits per heavy atom. The van der Waals surface area contributed by atoms with Gasteiger partial charge in [-0.05, 0) is 88.4 Å². The van der Waals surface area contributed by atoms with Gasteiger partial charge in [-0.15, -0.1) is 0 Å². The Bertz CT molecular complexity index is 1380. The Morgan fingerprint density at radius 2 is 1.80 bits per heavy atom. The third-order valence-corrected chi connectivity index (χ3v) is 5.64. The third-order valence-electron chi connectivity index (χ3n) is 5.31. The highest BCUT2D eigenvalue weighted by Crippen LogP contribution is 2.30. The number of esters is 1. The SMILES string of the molecule is CC(=O)c1ccc(N2N=C(C)C(=Cc3ccc(-c4ccc(Cl)c(C(=O)OC(C)C)c4)o3)C2=O)cc1. The van der Waals surface area contributed by atoms with Gasteiger partial charge in [0.05, 0.1) is 33.7 Å². The molecule has 0 saturated carbocycles. The summed E-state index contributed by atoms with van der Waals surface area (Å²) in [5, 5.41) is 5.94. The Balaban J connectivity index is 1.58. The highest BCUT2D eigenvalue weighted by atomic mass is 35.5. The third kappa shape index (κ3) is 5.10. The maximum Gasteiger partial charge on any atom is 0.339 e. The van der Waals surface area contributed by atoms with Crippen molar-refractivity contribution >= 4 is 46.7 Å². The maximum absolute atomic E-state index is 13.0. The van der Waals surface area contributed by atoms with E-state index in [-0.39, 0.29) is 28.4 Å². The number of Topliss-reactive ketones (excluding diaryl/α,β-unsaturated/α-hetero) is 1. The van der Waals surface area contributed by atoms with Crippen LogP contribution in [0.4, 0.5) is 5.69 Å². The monoisotopic (exact) mass is 490 g/mol. The molecule has 2 aromatic carbocycles. The van der Waals surface area contributed by atoms with Crippen LogP contribution in [0.1, 0.15) is 54.2 Å². The molecule has 8 heteroatoms. The summed E-state index contributed by atoms with van der Waals surface area (Å²) in [7, 11) is 0. The van der Waals surface area contributed by atoms with E-state index in [4.69, 9.17) is 20.8 Å². The van der Waals surface area contributed by atoms with E-state index in [1.54, 1.807) is 81.4 Å². The summed E-state index contributed by atoms with van der Waals surface area (Å²) in [6, 6.07) is 15.1. The average molecular weight is 491 g/mol. The number of halogens is 1. The molecule has 0 atom stereocenters. The number of carbonyl (C=O) groups excluding carboxylic acids is 3. The second kappa shape index (κ2) is 9.72. The number of ketones is 1. The van der Waals surface area contributed by atoms with E-state index in [2.05, 4.69) is 5.10 Å². The number of ether oxygens (including phenoxy) is 1. The van der Waals surface area contributed by atoms with Gasteiger partial charge in [0.15, 0.2) is 5.78 Å². The van der Waals surface area contributed by atoms with Crippen LogP contribution >= 0.6 is 11.6 Å². The number of hydrogen-bond donors (Lipinski definition) is 0. The van der Waals surface area contributed by atoms with Crippen LogP contribution in [-0.4, -0.2) is 29.5 Å². The topological polar surface area (TPSA) is 89.2 Å². The van der Waals surface area contributed by atoms with Crippen LogP contribution in [0.15, 0.2) is 69.7 Å². The van der Waals surface area contributed by atoms with Gasteiger partial charge in [0.1, 0.15) is 11.5 Å². The number of nitrogens with zero attached hydrogens (tertiary/aromatic N) is 2. The van der Waals surface area contributed by atoms with Crippen molar-refractivity contribution in [1.82, 2.24) is 0 Å². The normalized spacial score (nSPS) is 14.6. The van der Waals surface area contributed by atoms with Gasteiger partial charge in [-0.2, -0.15) is 10.1 Å².